The number of benzene rings is 2. The predicted molar refractivity (Wildman–Crippen MR) is 104 cm³/mol. The Morgan fingerprint density at radius 1 is 1.21 bits per heavy atom. The number of rotatable bonds is 3. The Morgan fingerprint density at radius 3 is 2.67 bits per heavy atom. The number of thiocarbonyl (C=S) groups is 1. The molecule has 0 N–H and O–H groups in total. The van der Waals surface area contributed by atoms with Gasteiger partial charge in [0.2, 0.25) is 0 Å². The second kappa shape index (κ2) is 6.89. The monoisotopic (exact) mass is 373 g/mol. The summed E-state index contributed by atoms with van der Waals surface area (Å²) in [4.78, 5) is 26.2. The molecule has 6 heteroatoms. The highest BCUT2D eigenvalue weighted by Gasteiger charge is 2.33. The maximum Gasteiger partial charge on any atom is 0.270 e. The number of nitrogens with zero attached hydrogens (tertiary/aromatic N) is 1. The SMILES string of the molecule is CC(=O)c1cccc(N2C(=O)/C(=C/c3ccccc3Cl)SC2=S)c1. The lowest BCUT2D eigenvalue weighted by atomic mass is 10.1. The van der Waals surface area contributed by atoms with Crippen LogP contribution in [0.25, 0.3) is 6.08 Å². The highest BCUT2D eigenvalue weighted by Crippen LogP contribution is 2.37. The van der Waals surface area contributed by atoms with Gasteiger partial charge in [-0.3, -0.25) is 14.5 Å². The van der Waals surface area contributed by atoms with Crippen molar-refractivity contribution in [3.8, 4) is 0 Å². The van der Waals surface area contributed by atoms with Crippen LogP contribution in [0.3, 0.4) is 0 Å². The second-order valence-corrected chi connectivity index (χ2v) is 7.23. The number of hydrogen-bond donors (Lipinski definition) is 0. The van der Waals surface area contributed by atoms with Crippen molar-refractivity contribution in [1.29, 1.82) is 0 Å². The van der Waals surface area contributed by atoms with E-state index < -0.39 is 0 Å². The summed E-state index contributed by atoms with van der Waals surface area (Å²) in [5, 5.41) is 0.571. The third-order valence-electron chi connectivity index (χ3n) is 3.50. The van der Waals surface area contributed by atoms with Crippen LogP contribution in [0.1, 0.15) is 22.8 Å². The summed E-state index contributed by atoms with van der Waals surface area (Å²) in [6.45, 7) is 1.49. The van der Waals surface area contributed by atoms with Crippen molar-refractivity contribution in [1.82, 2.24) is 0 Å². The Morgan fingerprint density at radius 2 is 1.96 bits per heavy atom. The van der Waals surface area contributed by atoms with Crippen LogP contribution in [0.4, 0.5) is 5.69 Å². The Labute approximate surface area is 154 Å². The highest BCUT2D eigenvalue weighted by molar-refractivity contribution is 8.27. The molecule has 1 aliphatic heterocycles. The largest absolute Gasteiger partial charge is 0.295 e. The first kappa shape index (κ1) is 16.9. The molecule has 1 saturated heterocycles. The van der Waals surface area contributed by atoms with Gasteiger partial charge in [-0.2, -0.15) is 0 Å². The number of Topliss-reactive ketones (excluding diaryl/α,β-unsaturated/α-hetero) is 1. The minimum Gasteiger partial charge on any atom is -0.295 e. The van der Waals surface area contributed by atoms with E-state index in [0.717, 1.165) is 5.56 Å². The maximum absolute atomic E-state index is 12.7. The second-order valence-electron chi connectivity index (χ2n) is 5.15. The highest BCUT2D eigenvalue weighted by atomic mass is 35.5. The number of hydrogen-bond acceptors (Lipinski definition) is 4. The molecular formula is C18H12ClNO2S2. The summed E-state index contributed by atoms with van der Waals surface area (Å²) < 4.78 is 0.430. The summed E-state index contributed by atoms with van der Waals surface area (Å²) in [5.41, 5.74) is 1.89. The molecule has 2 aromatic rings. The number of halogens is 1. The van der Waals surface area contributed by atoms with Gasteiger partial charge in [0.25, 0.3) is 5.91 Å². The van der Waals surface area contributed by atoms with Gasteiger partial charge >= 0.3 is 0 Å². The molecule has 1 amide bonds. The fourth-order valence-corrected chi connectivity index (χ4v) is 3.77. The lowest BCUT2D eigenvalue weighted by Gasteiger charge is -2.15. The van der Waals surface area contributed by atoms with Gasteiger partial charge in [0.05, 0.1) is 10.6 Å². The van der Waals surface area contributed by atoms with E-state index in [1.54, 1.807) is 36.4 Å². The molecule has 1 fully saturated rings. The van der Waals surface area contributed by atoms with Crippen LogP contribution in [-0.2, 0) is 4.79 Å². The van der Waals surface area contributed by atoms with E-state index in [-0.39, 0.29) is 11.7 Å². The average Bonchev–Trinajstić information content (AvgIpc) is 2.83. The Bertz CT molecular complexity index is 892. The van der Waals surface area contributed by atoms with E-state index in [4.69, 9.17) is 23.8 Å². The molecular weight excluding hydrogens is 362 g/mol. The minimum atomic E-state index is -0.217. The maximum atomic E-state index is 12.7. The predicted octanol–water partition coefficient (Wildman–Crippen LogP) is 4.95. The molecule has 0 bridgehead atoms. The summed E-state index contributed by atoms with van der Waals surface area (Å²) in [5.74, 6) is -0.278. The quantitative estimate of drug-likeness (QED) is 0.433. The van der Waals surface area contributed by atoms with Crippen molar-refractivity contribution in [2.45, 2.75) is 6.92 Å². The minimum absolute atomic E-state index is 0.0612. The third-order valence-corrected chi connectivity index (χ3v) is 5.14. The van der Waals surface area contributed by atoms with E-state index in [2.05, 4.69) is 0 Å². The molecule has 0 radical (unpaired) electrons. The zero-order valence-corrected chi connectivity index (χ0v) is 15.0. The fraction of sp³-hybridized carbons (Fsp3) is 0.0556. The van der Waals surface area contributed by atoms with Gasteiger partial charge in [0.1, 0.15) is 0 Å². The van der Waals surface area contributed by atoms with E-state index in [0.29, 0.717) is 25.5 Å². The fourth-order valence-electron chi connectivity index (χ4n) is 2.29. The zero-order chi connectivity index (χ0) is 17.3. The molecule has 0 saturated carbocycles. The average molecular weight is 374 g/mol. The number of carbonyl (C=O) groups is 2. The van der Waals surface area contributed by atoms with E-state index >= 15 is 0 Å². The van der Waals surface area contributed by atoms with Crippen molar-refractivity contribution < 1.29 is 9.59 Å². The van der Waals surface area contributed by atoms with Gasteiger partial charge in [-0.05, 0) is 36.8 Å². The molecule has 0 spiro atoms. The van der Waals surface area contributed by atoms with Gasteiger partial charge in [-0.25, -0.2) is 0 Å². The molecule has 1 aliphatic rings. The van der Waals surface area contributed by atoms with Crippen LogP contribution in [-0.4, -0.2) is 16.0 Å². The summed E-state index contributed by atoms with van der Waals surface area (Å²) in [7, 11) is 0. The summed E-state index contributed by atoms with van der Waals surface area (Å²) in [6, 6.07) is 14.2. The molecule has 0 aromatic heterocycles. The van der Waals surface area contributed by atoms with E-state index in [1.807, 2.05) is 18.2 Å². The summed E-state index contributed by atoms with van der Waals surface area (Å²) in [6.07, 6.45) is 1.73. The van der Waals surface area contributed by atoms with E-state index in [1.165, 1.54) is 23.6 Å². The standard InChI is InChI=1S/C18H12ClNO2S2/c1-11(21)12-6-4-7-14(9-12)20-17(22)16(24-18(20)23)10-13-5-2-3-8-15(13)19/h2-10H,1H3/b16-10-. The molecule has 2 aromatic carbocycles. The molecule has 0 unspecified atom stereocenters. The number of carbonyl (C=O) groups excluding carboxylic acids is 2. The smallest absolute Gasteiger partial charge is 0.270 e. The van der Waals surface area contributed by atoms with Crippen LogP contribution < -0.4 is 4.90 Å². The van der Waals surface area contributed by atoms with E-state index in [9.17, 15) is 9.59 Å². The van der Waals surface area contributed by atoms with Gasteiger partial charge in [-0.1, -0.05) is 65.9 Å². The first-order valence-electron chi connectivity index (χ1n) is 7.11. The van der Waals surface area contributed by atoms with Crippen molar-refractivity contribution in [2.75, 3.05) is 4.90 Å². The number of thioether (sulfide) groups is 1. The molecule has 1 heterocycles. The molecule has 3 rings (SSSR count). The molecule has 3 nitrogen and oxygen atoms in total. The Hall–Kier alpha value is -1.95. The van der Waals surface area contributed by atoms with Crippen LogP contribution in [0.5, 0.6) is 0 Å². The topological polar surface area (TPSA) is 37.4 Å². The van der Waals surface area contributed by atoms with Crippen LogP contribution in [0.15, 0.2) is 53.4 Å². The van der Waals surface area contributed by atoms with Crippen molar-refractivity contribution in [3.05, 3.63) is 69.6 Å². The molecule has 0 atom stereocenters. The normalized spacial score (nSPS) is 16.1. The van der Waals surface area contributed by atoms with Gasteiger partial charge in [0, 0.05) is 10.6 Å². The van der Waals surface area contributed by atoms with Crippen LogP contribution in [0, 0.1) is 0 Å². The Kier molecular flexibility index (Phi) is 4.85. The van der Waals surface area contributed by atoms with Crippen LogP contribution in [0.2, 0.25) is 5.02 Å². The number of amides is 1. The zero-order valence-electron chi connectivity index (χ0n) is 12.7. The third kappa shape index (κ3) is 3.29. The van der Waals surface area contributed by atoms with Crippen molar-refractivity contribution >= 4 is 63.4 Å². The lowest BCUT2D eigenvalue weighted by molar-refractivity contribution is -0.113. The molecule has 24 heavy (non-hydrogen) atoms. The molecule has 120 valence electrons. The Balaban J connectivity index is 1.97. The summed E-state index contributed by atoms with van der Waals surface area (Å²) >= 11 is 12.7. The number of anilines is 1. The van der Waals surface area contributed by atoms with Crippen molar-refractivity contribution in [3.63, 3.8) is 0 Å². The van der Waals surface area contributed by atoms with Crippen molar-refractivity contribution in [2.24, 2.45) is 0 Å². The van der Waals surface area contributed by atoms with Crippen LogP contribution >= 0.6 is 35.6 Å². The van der Waals surface area contributed by atoms with Gasteiger partial charge in [0.15, 0.2) is 10.1 Å². The van der Waals surface area contributed by atoms with Gasteiger partial charge in [-0.15, -0.1) is 0 Å². The first-order valence-corrected chi connectivity index (χ1v) is 8.71. The van der Waals surface area contributed by atoms with Gasteiger partial charge < -0.3 is 0 Å². The lowest BCUT2D eigenvalue weighted by Crippen LogP contribution is -2.27. The number of ketones is 1. The first-order chi connectivity index (χ1) is 11.5. The molecule has 0 aliphatic carbocycles.